The third kappa shape index (κ3) is 2.96. The van der Waals surface area contributed by atoms with Crippen LogP contribution in [0.15, 0.2) is 84.1 Å². The van der Waals surface area contributed by atoms with Gasteiger partial charge in [0.2, 0.25) is 5.95 Å². The zero-order valence-electron chi connectivity index (χ0n) is 17.1. The zero-order valence-corrected chi connectivity index (χ0v) is 17.8. The number of benzene rings is 3. The number of aromatic nitrogens is 2. The monoisotopic (exact) mass is 443 g/mol. The first-order valence-electron chi connectivity index (χ1n) is 10.6. The highest BCUT2D eigenvalue weighted by atomic mass is 35.5. The third-order valence-corrected chi connectivity index (χ3v) is 6.78. The highest BCUT2D eigenvalue weighted by Crippen LogP contribution is 2.47. The fourth-order valence-electron chi connectivity index (χ4n) is 4.99. The summed E-state index contributed by atoms with van der Waals surface area (Å²) >= 11 is 6.64. The van der Waals surface area contributed by atoms with Crippen LogP contribution in [0, 0.1) is 5.82 Å². The number of fused-ring (bicyclic) bond motifs is 3. The fraction of sp³-hybridized carbons (Fsp3) is 0.154. The van der Waals surface area contributed by atoms with Crippen molar-refractivity contribution in [1.29, 1.82) is 0 Å². The van der Waals surface area contributed by atoms with Gasteiger partial charge < -0.3 is 5.32 Å². The van der Waals surface area contributed by atoms with Crippen LogP contribution in [-0.4, -0.2) is 15.3 Å². The Hall–Kier alpha value is -3.44. The van der Waals surface area contributed by atoms with Crippen molar-refractivity contribution < 1.29 is 9.18 Å². The normalized spacial score (nSPS) is 20.1. The van der Waals surface area contributed by atoms with Gasteiger partial charge in [-0.3, -0.25) is 9.36 Å². The van der Waals surface area contributed by atoms with Gasteiger partial charge in [-0.1, -0.05) is 54.1 Å². The Labute approximate surface area is 189 Å². The van der Waals surface area contributed by atoms with Gasteiger partial charge in [-0.25, -0.2) is 9.37 Å². The molecule has 0 spiro atoms. The molecule has 1 N–H and O–H groups in total. The highest BCUT2D eigenvalue weighted by Gasteiger charge is 2.40. The van der Waals surface area contributed by atoms with E-state index in [1.54, 1.807) is 12.1 Å². The van der Waals surface area contributed by atoms with Crippen molar-refractivity contribution in [2.45, 2.75) is 24.8 Å². The van der Waals surface area contributed by atoms with Gasteiger partial charge in [-0.05, 0) is 53.8 Å². The summed E-state index contributed by atoms with van der Waals surface area (Å²) in [6.45, 7) is 0. The number of anilines is 1. The minimum Gasteiger partial charge on any atom is -0.329 e. The van der Waals surface area contributed by atoms with Crippen LogP contribution in [0.3, 0.4) is 0 Å². The molecular weight excluding hydrogens is 425 g/mol. The van der Waals surface area contributed by atoms with E-state index in [9.17, 15) is 9.18 Å². The summed E-state index contributed by atoms with van der Waals surface area (Å²) in [7, 11) is 0. The molecular formula is C26H19ClFN3O. The van der Waals surface area contributed by atoms with Gasteiger partial charge in [0.05, 0.1) is 17.1 Å². The number of halogens is 2. The number of hydrogen-bond donors (Lipinski definition) is 1. The lowest BCUT2D eigenvalue weighted by molar-refractivity contribution is -0.116. The van der Waals surface area contributed by atoms with Crippen LogP contribution in [0.2, 0.25) is 5.02 Å². The fourth-order valence-corrected chi connectivity index (χ4v) is 5.23. The average Bonchev–Trinajstić information content (AvgIpc) is 3.16. The number of rotatable bonds is 2. The lowest BCUT2D eigenvalue weighted by Gasteiger charge is -2.36. The standard InChI is InChI=1S/C26H19ClFN3O/c27-19-6-2-1-5-18(19)25-24-21(30-26-29-20-7-3-4-8-22(20)31(25)26)13-16(14-23(24)32)15-9-11-17(28)12-10-15/h1-12,16,25H,13-14H2,(H,29,30). The Kier molecular flexibility index (Phi) is 4.40. The Morgan fingerprint density at radius 2 is 1.72 bits per heavy atom. The van der Waals surface area contributed by atoms with E-state index in [1.807, 2.05) is 48.5 Å². The molecule has 2 heterocycles. The maximum atomic E-state index is 13.6. The number of imidazole rings is 1. The Morgan fingerprint density at radius 3 is 2.53 bits per heavy atom. The molecule has 0 radical (unpaired) electrons. The van der Waals surface area contributed by atoms with Gasteiger partial charge in [0, 0.05) is 22.7 Å². The van der Waals surface area contributed by atoms with Crippen LogP contribution < -0.4 is 5.32 Å². The Morgan fingerprint density at radius 1 is 0.969 bits per heavy atom. The summed E-state index contributed by atoms with van der Waals surface area (Å²) < 4.78 is 15.5. The first kappa shape index (κ1) is 19.3. The Balaban J connectivity index is 1.53. The van der Waals surface area contributed by atoms with E-state index in [0.717, 1.165) is 33.4 Å². The van der Waals surface area contributed by atoms with E-state index in [1.165, 1.54) is 12.1 Å². The minimum atomic E-state index is -0.357. The van der Waals surface area contributed by atoms with Gasteiger partial charge in [-0.2, -0.15) is 0 Å². The summed E-state index contributed by atoms with van der Waals surface area (Å²) in [5.41, 5.74) is 5.23. The molecule has 2 aliphatic rings. The van der Waals surface area contributed by atoms with E-state index in [0.29, 0.717) is 23.8 Å². The van der Waals surface area contributed by atoms with Crippen LogP contribution in [0.25, 0.3) is 11.0 Å². The predicted octanol–water partition coefficient (Wildman–Crippen LogP) is 6.24. The van der Waals surface area contributed by atoms with Crippen molar-refractivity contribution in [2.24, 2.45) is 0 Å². The number of carbonyl (C=O) groups excluding carboxylic acids is 1. The number of para-hydroxylation sites is 2. The number of allylic oxidation sites excluding steroid dienone is 2. The van der Waals surface area contributed by atoms with Crippen molar-refractivity contribution in [3.05, 3.63) is 106 Å². The van der Waals surface area contributed by atoms with Crippen LogP contribution >= 0.6 is 11.6 Å². The number of hydrogen-bond acceptors (Lipinski definition) is 3. The zero-order chi connectivity index (χ0) is 21.8. The van der Waals surface area contributed by atoms with Gasteiger partial charge >= 0.3 is 0 Å². The maximum absolute atomic E-state index is 13.6. The lowest BCUT2D eigenvalue weighted by atomic mass is 9.77. The van der Waals surface area contributed by atoms with E-state index >= 15 is 0 Å². The summed E-state index contributed by atoms with van der Waals surface area (Å²) in [6, 6.07) is 21.6. The number of Topliss-reactive ketones (excluding diaryl/α,β-unsaturated/α-hetero) is 1. The number of carbonyl (C=O) groups is 1. The van der Waals surface area contributed by atoms with Gasteiger partial charge in [0.1, 0.15) is 5.82 Å². The van der Waals surface area contributed by atoms with Crippen LogP contribution in [0.4, 0.5) is 10.3 Å². The maximum Gasteiger partial charge on any atom is 0.209 e. The summed E-state index contributed by atoms with van der Waals surface area (Å²) in [4.78, 5) is 18.4. The van der Waals surface area contributed by atoms with Crippen LogP contribution in [0.5, 0.6) is 0 Å². The minimum absolute atomic E-state index is 0.0165. The van der Waals surface area contributed by atoms with Crippen molar-refractivity contribution in [2.75, 3.05) is 5.32 Å². The van der Waals surface area contributed by atoms with E-state index < -0.39 is 0 Å². The quantitative estimate of drug-likeness (QED) is 0.398. The molecule has 4 nitrogen and oxygen atoms in total. The molecule has 6 heteroatoms. The molecule has 2 atom stereocenters. The first-order valence-corrected chi connectivity index (χ1v) is 11.0. The molecule has 0 saturated carbocycles. The van der Waals surface area contributed by atoms with Crippen molar-refractivity contribution in [3.8, 4) is 0 Å². The lowest BCUT2D eigenvalue weighted by Crippen LogP contribution is -2.33. The molecule has 4 aromatic rings. The number of ketones is 1. The molecule has 158 valence electrons. The molecule has 1 aliphatic heterocycles. The molecule has 1 aromatic heterocycles. The highest BCUT2D eigenvalue weighted by molar-refractivity contribution is 6.31. The van der Waals surface area contributed by atoms with Crippen molar-refractivity contribution >= 4 is 34.4 Å². The summed E-state index contributed by atoms with van der Waals surface area (Å²) in [6.07, 6.45) is 1.02. The van der Waals surface area contributed by atoms with Gasteiger partial charge in [-0.15, -0.1) is 0 Å². The summed E-state index contributed by atoms with van der Waals surface area (Å²) in [5.74, 6) is 0.472. The van der Waals surface area contributed by atoms with Gasteiger partial charge in [0.25, 0.3) is 0 Å². The summed E-state index contributed by atoms with van der Waals surface area (Å²) in [5, 5.41) is 4.06. The van der Waals surface area contributed by atoms with Crippen molar-refractivity contribution in [3.63, 3.8) is 0 Å². The topological polar surface area (TPSA) is 46.9 Å². The van der Waals surface area contributed by atoms with E-state index in [-0.39, 0.29) is 23.6 Å². The molecule has 32 heavy (non-hydrogen) atoms. The molecule has 6 rings (SSSR count). The molecule has 0 amide bonds. The Bertz CT molecular complexity index is 1410. The average molecular weight is 444 g/mol. The molecule has 1 aliphatic carbocycles. The van der Waals surface area contributed by atoms with E-state index in [4.69, 9.17) is 16.6 Å². The third-order valence-electron chi connectivity index (χ3n) is 6.44. The first-order chi connectivity index (χ1) is 15.6. The molecule has 0 saturated heterocycles. The second-order valence-electron chi connectivity index (χ2n) is 8.32. The second kappa shape index (κ2) is 7.31. The van der Waals surface area contributed by atoms with Crippen LogP contribution in [0.1, 0.15) is 35.9 Å². The SMILES string of the molecule is O=C1CC(c2ccc(F)cc2)CC2=C1C(c1ccccc1Cl)n1c(nc3ccccc31)N2. The largest absolute Gasteiger partial charge is 0.329 e. The smallest absolute Gasteiger partial charge is 0.209 e. The van der Waals surface area contributed by atoms with Crippen LogP contribution in [-0.2, 0) is 4.79 Å². The molecule has 0 bridgehead atoms. The molecule has 0 fully saturated rings. The molecule has 2 unspecified atom stereocenters. The molecule has 3 aromatic carbocycles. The predicted molar refractivity (Wildman–Crippen MR) is 123 cm³/mol. The second-order valence-corrected chi connectivity index (χ2v) is 8.72. The van der Waals surface area contributed by atoms with E-state index in [2.05, 4.69) is 9.88 Å². The number of nitrogens with one attached hydrogen (secondary N) is 1. The van der Waals surface area contributed by atoms with Gasteiger partial charge in [0.15, 0.2) is 5.78 Å². The van der Waals surface area contributed by atoms with Crippen molar-refractivity contribution in [1.82, 2.24) is 9.55 Å². The number of nitrogens with zero attached hydrogens (tertiary/aromatic N) is 2.